The summed E-state index contributed by atoms with van der Waals surface area (Å²) in [4.78, 5) is 42.8. The molecule has 1 aliphatic heterocycles. The molecule has 0 bridgehead atoms. The average molecular weight is 347 g/mol. The summed E-state index contributed by atoms with van der Waals surface area (Å²) in [5, 5.41) is 1.87. The van der Waals surface area contributed by atoms with E-state index in [4.69, 9.17) is 9.57 Å². The van der Waals surface area contributed by atoms with Gasteiger partial charge in [-0.15, -0.1) is 0 Å². The molecule has 26 heavy (non-hydrogen) atoms. The standard InChI is InChI=1S/C20H13NO5/c1-25-14-10-8-13(9-11-14)20(24)26-21-18(22)15-6-2-4-12-5-3-7-16(17(12)15)19(21)23/h2-11H,1H3. The van der Waals surface area contributed by atoms with Crippen molar-refractivity contribution in [2.24, 2.45) is 0 Å². The number of nitrogens with zero attached hydrogens (tertiary/aromatic N) is 1. The average Bonchev–Trinajstić information content (AvgIpc) is 2.69. The number of carbonyl (C=O) groups excluding carboxylic acids is 3. The predicted molar refractivity (Wildman–Crippen MR) is 92.9 cm³/mol. The fourth-order valence-corrected chi connectivity index (χ4v) is 2.95. The highest BCUT2D eigenvalue weighted by Gasteiger charge is 2.36. The van der Waals surface area contributed by atoms with Crippen molar-refractivity contribution in [3.05, 3.63) is 77.4 Å². The second kappa shape index (κ2) is 6.00. The highest BCUT2D eigenvalue weighted by atomic mass is 16.7. The minimum absolute atomic E-state index is 0.198. The number of rotatable bonds is 3. The zero-order valence-electron chi connectivity index (χ0n) is 13.8. The van der Waals surface area contributed by atoms with E-state index >= 15 is 0 Å². The monoisotopic (exact) mass is 347 g/mol. The molecule has 0 aliphatic carbocycles. The molecule has 0 radical (unpaired) electrons. The van der Waals surface area contributed by atoms with Crippen LogP contribution >= 0.6 is 0 Å². The molecule has 0 N–H and O–H groups in total. The Bertz CT molecular complexity index is 1000. The normalized spacial score (nSPS) is 13.0. The lowest BCUT2D eigenvalue weighted by atomic mass is 9.95. The van der Waals surface area contributed by atoms with Crippen molar-refractivity contribution in [2.45, 2.75) is 0 Å². The van der Waals surface area contributed by atoms with Crippen LogP contribution in [0.25, 0.3) is 10.8 Å². The van der Waals surface area contributed by atoms with E-state index in [1.54, 1.807) is 36.4 Å². The zero-order chi connectivity index (χ0) is 18.3. The molecule has 1 heterocycles. The minimum Gasteiger partial charge on any atom is -0.497 e. The molecule has 0 atom stereocenters. The summed E-state index contributed by atoms with van der Waals surface area (Å²) in [6.07, 6.45) is 0. The van der Waals surface area contributed by atoms with Crippen LogP contribution in [0.15, 0.2) is 60.7 Å². The molecule has 3 aromatic rings. The van der Waals surface area contributed by atoms with Crippen molar-refractivity contribution in [1.29, 1.82) is 0 Å². The number of hydrogen-bond donors (Lipinski definition) is 0. The Morgan fingerprint density at radius 1 is 0.846 bits per heavy atom. The molecule has 4 rings (SSSR count). The van der Waals surface area contributed by atoms with Crippen molar-refractivity contribution in [1.82, 2.24) is 5.06 Å². The van der Waals surface area contributed by atoms with Gasteiger partial charge in [-0.3, -0.25) is 9.59 Å². The van der Waals surface area contributed by atoms with Crippen LogP contribution < -0.4 is 4.74 Å². The van der Waals surface area contributed by atoms with Crippen LogP contribution in [0, 0.1) is 0 Å². The second-order valence-corrected chi connectivity index (χ2v) is 5.72. The first-order valence-electron chi connectivity index (χ1n) is 7.87. The molecule has 128 valence electrons. The summed E-state index contributed by atoms with van der Waals surface area (Å²) in [7, 11) is 1.51. The Morgan fingerprint density at radius 3 is 1.96 bits per heavy atom. The van der Waals surface area contributed by atoms with Crippen LogP contribution in [-0.2, 0) is 4.84 Å². The van der Waals surface area contributed by atoms with Gasteiger partial charge in [0.1, 0.15) is 5.75 Å². The van der Waals surface area contributed by atoms with E-state index in [0.29, 0.717) is 27.3 Å². The molecular weight excluding hydrogens is 334 g/mol. The lowest BCUT2D eigenvalue weighted by Gasteiger charge is -2.25. The van der Waals surface area contributed by atoms with E-state index in [-0.39, 0.29) is 5.56 Å². The highest BCUT2D eigenvalue weighted by Crippen LogP contribution is 2.30. The lowest BCUT2D eigenvalue weighted by Crippen LogP contribution is -2.41. The summed E-state index contributed by atoms with van der Waals surface area (Å²) < 4.78 is 5.03. The van der Waals surface area contributed by atoms with E-state index in [2.05, 4.69) is 0 Å². The molecule has 0 fully saturated rings. The molecule has 6 heteroatoms. The van der Waals surface area contributed by atoms with Crippen LogP contribution in [-0.4, -0.2) is 30.0 Å². The third-order valence-electron chi connectivity index (χ3n) is 4.23. The van der Waals surface area contributed by atoms with E-state index in [1.807, 2.05) is 12.1 Å². The summed E-state index contributed by atoms with van der Waals surface area (Å²) in [6.45, 7) is 0. The third-order valence-corrected chi connectivity index (χ3v) is 4.23. The van der Waals surface area contributed by atoms with Gasteiger partial charge in [0.25, 0.3) is 11.8 Å². The molecule has 1 aliphatic rings. The Balaban J connectivity index is 1.69. The minimum atomic E-state index is -0.805. The molecule has 3 aromatic carbocycles. The topological polar surface area (TPSA) is 72.9 Å². The first kappa shape index (κ1) is 15.8. The van der Waals surface area contributed by atoms with Crippen molar-refractivity contribution in [2.75, 3.05) is 7.11 Å². The van der Waals surface area contributed by atoms with Gasteiger partial charge in [-0.05, 0) is 41.8 Å². The van der Waals surface area contributed by atoms with Gasteiger partial charge in [0.2, 0.25) is 0 Å². The van der Waals surface area contributed by atoms with Crippen LogP contribution in [0.1, 0.15) is 31.1 Å². The van der Waals surface area contributed by atoms with Crippen molar-refractivity contribution in [3.63, 3.8) is 0 Å². The Labute approximate surface area is 148 Å². The molecule has 0 saturated carbocycles. The number of ether oxygens (including phenoxy) is 1. The third kappa shape index (κ3) is 2.39. The number of imide groups is 1. The molecule has 0 unspecified atom stereocenters. The van der Waals surface area contributed by atoms with E-state index in [9.17, 15) is 14.4 Å². The molecule has 0 aromatic heterocycles. The Morgan fingerprint density at radius 2 is 1.42 bits per heavy atom. The number of amides is 2. The van der Waals surface area contributed by atoms with Gasteiger partial charge in [-0.25, -0.2) is 4.79 Å². The van der Waals surface area contributed by atoms with Gasteiger partial charge in [0.05, 0.1) is 23.8 Å². The molecular formula is C20H13NO5. The summed E-state index contributed by atoms with van der Waals surface area (Å²) in [5.41, 5.74) is 0.837. The number of hydrogen-bond acceptors (Lipinski definition) is 5. The zero-order valence-corrected chi connectivity index (χ0v) is 13.8. The highest BCUT2D eigenvalue weighted by molar-refractivity contribution is 6.25. The summed E-state index contributed by atoms with van der Waals surface area (Å²) >= 11 is 0. The van der Waals surface area contributed by atoms with E-state index < -0.39 is 17.8 Å². The smallest absolute Gasteiger partial charge is 0.363 e. The maximum Gasteiger partial charge on any atom is 0.363 e. The number of carbonyl (C=O) groups is 3. The lowest BCUT2D eigenvalue weighted by molar-refractivity contribution is -0.0620. The largest absolute Gasteiger partial charge is 0.497 e. The van der Waals surface area contributed by atoms with E-state index in [0.717, 1.165) is 5.39 Å². The maximum absolute atomic E-state index is 12.7. The predicted octanol–water partition coefficient (Wildman–Crippen LogP) is 3.22. The molecule has 0 spiro atoms. The van der Waals surface area contributed by atoms with Crippen LogP contribution in [0.2, 0.25) is 0 Å². The summed E-state index contributed by atoms with van der Waals surface area (Å²) in [6, 6.07) is 16.5. The first-order chi connectivity index (χ1) is 12.6. The van der Waals surface area contributed by atoms with Gasteiger partial charge in [-0.2, -0.15) is 0 Å². The summed E-state index contributed by atoms with van der Waals surface area (Å²) in [5.74, 6) is -1.56. The molecule has 6 nitrogen and oxygen atoms in total. The van der Waals surface area contributed by atoms with Crippen molar-refractivity contribution in [3.8, 4) is 5.75 Å². The Hall–Kier alpha value is -3.67. The number of methoxy groups -OCH3 is 1. The quantitative estimate of drug-likeness (QED) is 0.680. The van der Waals surface area contributed by atoms with Crippen molar-refractivity contribution >= 4 is 28.6 Å². The van der Waals surface area contributed by atoms with Gasteiger partial charge in [0, 0.05) is 5.39 Å². The first-order valence-corrected chi connectivity index (χ1v) is 7.87. The van der Waals surface area contributed by atoms with Crippen molar-refractivity contribution < 1.29 is 24.0 Å². The van der Waals surface area contributed by atoms with E-state index in [1.165, 1.54) is 19.2 Å². The second-order valence-electron chi connectivity index (χ2n) is 5.72. The molecule has 2 amide bonds. The number of benzene rings is 3. The fourth-order valence-electron chi connectivity index (χ4n) is 2.95. The van der Waals surface area contributed by atoms with Gasteiger partial charge in [0.15, 0.2) is 0 Å². The van der Waals surface area contributed by atoms with Gasteiger partial charge >= 0.3 is 5.97 Å². The van der Waals surface area contributed by atoms with Gasteiger partial charge in [-0.1, -0.05) is 29.3 Å². The maximum atomic E-state index is 12.7. The van der Waals surface area contributed by atoms with Crippen LogP contribution in [0.3, 0.4) is 0 Å². The SMILES string of the molecule is COc1ccc(C(=O)ON2C(=O)c3cccc4cccc(c34)C2=O)cc1. The number of hydroxylamine groups is 2. The Kier molecular flexibility index (Phi) is 3.65. The fraction of sp³-hybridized carbons (Fsp3) is 0.0500. The van der Waals surface area contributed by atoms with Crippen LogP contribution in [0.5, 0.6) is 5.75 Å². The van der Waals surface area contributed by atoms with Crippen LogP contribution in [0.4, 0.5) is 0 Å². The van der Waals surface area contributed by atoms with Gasteiger partial charge < -0.3 is 9.57 Å². The molecule has 0 saturated heterocycles.